The Kier molecular flexibility index (Phi) is 4.23. The van der Waals surface area contributed by atoms with Gasteiger partial charge < -0.3 is 4.90 Å². The topological polar surface area (TPSA) is 81.5 Å². The summed E-state index contributed by atoms with van der Waals surface area (Å²) < 4.78 is 27.6. The lowest BCUT2D eigenvalue weighted by Crippen LogP contribution is -2.51. The van der Waals surface area contributed by atoms with E-state index in [0.29, 0.717) is 11.4 Å². The zero-order valence-corrected chi connectivity index (χ0v) is 14.7. The van der Waals surface area contributed by atoms with Gasteiger partial charge in [-0.05, 0) is 37.3 Å². The average Bonchev–Trinajstić information content (AvgIpc) is 2.60. The maximum Gasteiger partial charge on any atom is 0.264 e. The molecule has 0 saturated heterocycles. The SMILES string of the molecule is CC(=O)N1c2ccccc2N(S(=O)(=O)c2cccc(C#N)c2)CC1C. The molecule has 6 nitrogen and oxygen atoms in total. The molecule has 2 aromatic carbocycles. The third kappa shape index (κ3) is 2.85. The highest BCUT2D eigenvalue weighted by molar-refractivity contribution is 7.92. The molecular formula is C18H17N3O3S. The predicted octanol–water partition coefficient (Wildman–Crippen LogP) is 2.51. The van der Waals surface area contributed by atoms with Crippen LogP contribution < -0.4 is 9.21 Å². The van der Waals surface area contributed by atoms with E-state index in [-0.39, 0.29) is 29.0 Å². The van der Waals surface area contributed by atoms with Crippen molar-refractivity contribution in [3.8, 4) is 6.07 Å². The number of hydrogen-bond donors (Lipinski definition) is 0. The summed E-state index contributed by atoms with van der Waals surface area (Å²) in [6.45, 7) is 3.43. The van der Waals surface area contributed by atoms with E-state index >= 15 is 0 Å². The zero-order chi connectivity index (χ0) is 18.2. The molecule has 1 aliphatic heterocycles. The molecule has 1 atom stereocenters. The first-order chi connectivity index (χ1) is 11.9. The molecule has 1 unspecified atom stereocenters. The summed E-state index contributed by atoms with van der Waals surface area (Å²) >= 11 is 0. The number of nitrogens with zero attached hydrogens (tertiary/aromatic N) is 3. The number of para-hydroxylation sites is 2. The highest BCUT2D eigenvalue weighted by atomic mass is 32.2. The summed E-state index contributed by atoms with van der Waals surface area (Å²) in [4.78, 5) is 13.7. The number of rotatable bonds is 2. The van der Waals surface area contributed by atoms with Crippen LogP contribution in [0.15, 0.2) is 53.4 Å². The maximum absolute atomic E-state index is 13.2. The molecule has 3 rings (SSSR count). The minimum Gasteiger partial charge on any atom is -0.306 e. The Labute approximate surface area is 147 Å². The second-order valence-corrected chi connectivity index (χ2v) is 7.76. The van der Waals surface area contributed by atoms with Gasteiger partial charge in [-0.1, -0.05) is 18.2 Å². The first-order valence-electron chi connectivity index (χ1n) is 7.78. The molecule has 0 spiro atoms. The Balaban J connectivity index is 2.15. The van der Waals surface area contributed by atoms with E-state index in [1.165, 1.54) is 23.4 Å². The van der Waals surface area contributed by atoms with Crippen molar-refractivity contribution >= 4 is 27.3 Å². The largest absolute Gasteiger partial charge is 0.306 e. The van der Waals surface area contributed by atoms with Crippen molar-refractivity contribution in [3.63, 3.8) is 0 Å². The quantitative estimate of drug-likeness (QED) is 0.829. The van der Waals surface area contributed by atoms with E-state index in [1.807, 2.05) is 13.0 Å². The van der Waals surface area contributed by atoms with E-state index in [4.69, 9.17) is 5.26 Å². The maximum atomic E-state index is 13.2. The standard InChI is InChI=1S/C18H17N3O3S/c1-13-12-20(17-8-3-4-9-18(17)21(13)14(2)22)25(23,24)16-7-5-6-15(10-16)11-19/h3-10,13H,12H2,1-2H3. The van der Waals surface area contributed by atoms with Crippen LogP contribution in [0.25, 0.3) is 0 Å². The number of nitriles is 1. The molecule has 0 saturated carbocycles. The van der Waals surface area contributed by atoms with Gasteiger partial charge >= 0.3 is 0 Å². The number of sulfonamides is 1. The van der Waals surface area contributed by atoms with Crippen molar-refractivity contribution in [2.45, 2.75) is 24.8 Å². The monoisotopic (exact) mass is 355 g/mol. The minimum absolute atomic E-state index is 0.0600. The molecule has 7 heteroatoms. The van der Waals surface area contributed by atoms with Crippen LogP contribution in [0.3, 0.4) is 0 Å². The lowest BCUT2D eigenvalue weighted by atomic mass is 10.1. The highest BCUT2D eigenvalue weighted by Gasteiger charge is 2.36. The van der Waals surface area contributed by atoms with Gasteiger partial charge in [0, 0.05) is 6.92 Å². The lowest BCUT2D eigenvalue weighted by Gasteiger charge is -2.40. The summed E-state index contributed by atoms with van der Waals surface area (Å²) in [5.74, 6) is -0.136. The number of hydrogen-bond acceptors (Lipinski definition) is 4. The zero-order valence-electron chi connectivity index (χ0n) is 13.9. The van der Waals surface area contributed by atoms with E-state index in [1.54, 1.807) is 41.3 Å². The van der Waals surface area contributed by atoms with Crippen molar-refractivity contribution < 1.29 is 13.2 Å². The summed E-state index contributed by atoms with van der Waals surface area (Å²) in [5, 5.41) is 9.03. The smallest absolute Gasteiger partial charge is 0.264 e. The third-order valence-corrected chi connectivity index (χ3v) is 5.95. The summed E-state index contributed by atoms with van der Waals surface area (Å²) in [7, 11) is -3.85. The molecule has 25 heavy (non-hydrogen) atoms. The lowest BCUT2D eigenvalue weighted by molar-refractivity contribution is -0.117. The van der Waals surface area contributed by atoms with Crippen molar-refractivity contribution in [1.29, 1.82) is 5.26 Å². The number of anilines is 2. The van der Waals surface area contributed by atoms with Gasteiger partial charge in [0.25, 0.3) is 10.0 Å². The minimum atomic E-state index is -3.85. The van der Waals surface area contributed by atoms with Gasteiger partial charge in [0.15, 0.2) is 0 Å². The van der Waals surface area contributed by atoms with E-state index < -0.39 is 10.0 Å². The Morgan fingerprint density at radius 3 is 2.48 bits per heavy atom. The molecule has 0 bridgehead atoms. The summed E-state index contributed by atoms with van der Waals surface area (Å²) in [6, 6.07) is 14.5. The third-order valence-electron chi connectivity index (χ3n) is 4.17. The van der Waals surface area contributed by atoms with Crippen molar-refractivity contribution in [2.75, 3.05) is 15.7 Å². The Bertz CT molecular complexity index is 979. The van der Waals surface area contributed by atoms with Gasteiger partial charge in [0.1, 0.15) is 0 Å². The van der Waals surface area contributed by atoms with Crippen LogP contribution in [0, 0.1) is 11.3 Å². The molecule has 1 amide bonds. The van der Waals surface area contributed by atoms with Gasteiger partial charge in [0.2, 0.25) is 5.91 Å². The van der Waals surface area contributed by atoms with Gasteiger partial charge in [-0.3, -0.25) is 9.10 Å². The summed E-state index contributed by atoms with van der Waals surface area (Å²) in [5.41, 5.74) is 1.30. The average molecular weight is 355 g/mol. The van der Waals surface area contributed by atoms with E-state index in [2.05, 4.69) is 0 Å². The second-order valence-electron chi connectivity index (χ2n) is 5.90. The molecule has 2 aromatic rings. The number of amides is 1. The van der Waals surface area contributed by atoms with Crippen molar-refractivity contribution in [2.24, 2.45) is 0 Å². The number of benzene rings is 2. The fraction of sp³-hybridized carbons (Fsp3) is 0.222. The molecule has 0 radical (unpaired) electrons. The van der Waals surface area contributed by atoms with Gasteiger partial charge in [-0.15, -0.1) is 0 Å². The van der Waals surface area contributed by atoms with Crippen molar-refractivity contribution in [1.82, 2.24) is 0 Å². The van der Waals surface area contributed by atoms with E-state index in [9.17, 15) is 13.2 Å². The van der Waals surface area contributed by atoms with Crippen molar-refractivity contribution in [3.05, 3.63) is 54.1 Å². The Morgan fingerprint density at radius 1 is 1.16 bits per heavy atom. The first-order valence-corrected chi connectivity index (χ1v) is 9.22. The van der Waals surface area contributed by atoms with Crippen LogP contribution in [0.4, 0.5) is 11.4 Å². The predicted molar refractivity (Wildman–Crippen MR) is 94.8 cm³/mol. The Morgan fingerprint density at radius 2 is 1.84 bits per heavy atom. The van der Waals surface area contributed by atoms with Gasteiger partial charge in [-0.25, -0.2) is 8.42 Å². The Hall–Kier alpha value is -2.85. The first kappa shape index (κ1) is 17.0. The number of carbonyl (C=O) groups is 1. The van der Waals surface area contributed by atoms with Crippen LogP contribution >= 0.6 is 0 Å². The van der Waals surface area contributed by atoms with Gasteiger partial charge in [0.05, 0.1) is 40.5 Å². The fourth-order valence-electron chi connectivity index (χ4n) is 3.10. The fourth-order valence-corrected chi connectivity index (χ4v) is 4.70. The molecule has 0 aliphatic carbocycles. The highest BCUT2D eigenvalue weighted by Crippen LogP contribution is 2.38. The molecule has 1 heterocycles. The van der Waals surface area contributed by atoms with E-state index in [0.717, 1.165) is 0 Å². The van der Waals surface area contributed by atoms with Crippen LogP contribution in [-0.4, -0.2) is 26.9 Å². The molecule has 1 aliphatic rings. The van der Waals surface area contributed by atoms with Gasteiger partial charge in [-0.2, -0.15) is 5.26 Å². The molecule has 0 N–H and O–H groups in total. The molecule has 0 fully saturated rings. The number of carbonyl (C=O) groups excluding carboxylic acids is 1. The second kappa shape index (κ2) is 6.22. The van der Waals surface area contributed by atoms with Crippen LogP contribution in [0.1, 0.15) is 19.4 Å². The molecule has 128 valence electrons. The number of fused-ring (bicyclic) bond motifs is 1. The molecular weight excluding hydrogens is 338 g/mol. The summed E-state index contributed by atoms with van der Waals surface area (Å²) in [6.07, 6.45) is 0. The van der Waals surface area contributed by atoms with Crippen LogP contribution in [-0.2, 0) is 14.8 Å². The van der Waals surface area contributed by atoms with Crippen LogP contribution in [0.5, 0.6) is 0 Å². The van der Waals surface area contributed by atoms with Crippen LogP contribution in [0.2, 0.25) is 0 Å². The normalized spacial score (nSPS) is 16.9. The molecule has 0 aromatic heterocycles.